The Balaban J connectivity index is 3.38. The lowest BCUT2D eigenvalue weighted by Gasteiger charge is -2.12. The van der Waals surface area contributed by atoms with Crippen LogP contribution in [0, 0.1) is 13.8 Å². The van der Waals surface area contributed by atoms with E-state index in [4.69, 9.17) is 4.74 Å². The van der Waals surface area contributed by atoms with Gasteiger partial charge in [0, 0.05) is 5.56 Å². The Bertz CT molecular complexity index is 337. The van der Waals surface area contributed by atoms with E-state index >= 15 is 0 Å². The molecule has 1 aromatic rings. The molecule has 0 radical (unpaired) electrons. The smallest absolute Gasteiger partial charge is 0.126 e. The second kappa shape index (κ2) is 3.65. The number of aryl methyl sites for hydroxylation is 2. The lowest BCUT2D eigenvalue weighted by molar-refractivity contribution is 0.413. The van der Waals surface area contributed by atoms with E-state index in [1.54, 1.807) is 7.11 Å². The maximum atomic E-state index is 5.31. The van der Waals surface area contributed by atoms with E-state index in [1.165, 1.54) is 11.1 Å². The first-order chi connectivity index (χ1) is 6.06. The molecule has 0 aliphatic rings. The number of methoxy groups -OCH3 is 1. The van der Waals surface area contributed by atoms with Crippen LogP contribution >= 0.6 is 0 Å². The summed E-state index contributed by atoms with van der Waals surface area (Å²) in [6.45, 7) is 10.1. The molecule has 0 bridgehead atoms. The summed E-state index contributed by atoms with van der Waals surface area (Å²) in [5, 5.41) is 0. The van der Waals surface area contributed by atoms with E-state index in [0.717, 1.165) is 16.9 Å². The van der Waals surface area contributed by atoms with Crippen LogP contribution in [0.3, 0.4) is 0 Å². The largest absolute Gasteiger partial charge is 0.496 e. The second-order valence-electron chi connectivity index (χ2n) is 3.44. The predicted octanol–water partition coefficient (Wildman–Crippen LogP) is 3.35. The van der Waals surface area contributed by atoms with Gasteiger partial charge in [-0.05, 0) is 43.5 Å². The number of hydrogen-bond donors (Lipinski definition) is 0. The Hall–Kier alpha value is -1.24. The van der Waals surface area contributed by atoms with Crippen LogP contribution in [-0.2, 0) is 0 Å². The zero-order valence-corrected chi connectivity index (χ0v) is 8.77. The Morgan fingerprint density at radius 2 is 1.92 bits per heavy atom. The molecule has 0 saturated heterocycles. The first-order valence-electron chi connectivity index (χ1n) is 4.37. The molecule has 1 aromatic carbocycles. The van der Waals surface area contributed by atoms with E-state index in [2.05, 4.69) is 26.5 Å². The molecule has 1 rings (SSSR count). The van der Waals surface area contributed by atoms with Crippen molar-refractivity contribution in [3.63, 3.8) is 0 Å². The fourth-order valence-corrected chi connectivity index (χ4v) is 1.64. The van der Waals surface area contributed by atoms with Crippen LogP contribution in [0.5, 0.6) is 5.75 Å². The maximum absolute atomic E-state index is 5.31. The highest BCUT2D eigenvalue weighted by molar-refractivity contribution is 5.70. The Kier molecular flexibility index (Phi) is 2.76. The Morgan fingerprint density at radius 1 is 1.31 bits per heavy atom. The molecule has 0 saturated carbocycles. The summed E-state index contributed by atoms with van der Waals surface area (Å²) in [6.07, 6.45) is 0. The van der Waals surface area contributed by atoms with Crippen molar-refractivity contribution in [1.82, 2.24) is 0 Å². The van der Waals surface area contributed by atoms with E-state index in [1.807, 2.05) is 13.0 Å². The first-order valence-corrected chi connectivity index (χ1v) is 4.37. The van der Waals surface area contributed by atoms with E-state index in [0.29, 0.717) is 0 Å². The summed E-state index contributed by atoms with van der Waals surface area (Å²) < 4.78 is 5.31. The molecule has 0 aliphatic carbocycles. The van der Waals surface area contributed by atoms with Crippen LogP contribution in [0.2, 0.25) is 0 Å². The van der Waals surface area contributed by atoms with Crippen molar-refractivity contribution < 1.29 is 4.74 Å². The molecule has 0 amide bonds. The van der Waals surface area contributed by atoms with Gasteiger partial charge in [0.1, 0.15) is 5.75 Å². The number of hydrogen-bond acceptors (Lipinski definition) is 1. The lowest BCUT2D eigenvalue weighted by Crippen LogP contribution is -1.93. The summed E-state index contributed by atoms with van der Waals surface area (Å²) in [5.74, 6) is 0.921. The highest BCUT2D eigenvalue weighted by atomic mass is 16.5. The molecule has 1 nitrogen and oxygen atoms in total. The van der Waals surface area contributed by atoms with Gasteiger partial charge in [0.2, 0.25) is 0 Å². The van der Waals surface area contributed by atoms with Gasteiger partial charge in [-0.1, -0.05) is 12.6 Å². The molecule has 0 atom stereocenters. The zero-order chi connectivity index (χ0) is 10.0. The van der Waals surface area contributed by atoms with Crippen molar-refractivity contribution in [3.05, 3.63) is 35.4 Å². The van der Waals surface area contributed by atoms with Gasteiger partial charge >= 0.3 is 0 Å². The topological polar surface area (TPSA) is 9.23 Å². The van der Waals surface area contributed by atoms with Crippen molar-refractivity contribution in [2.24, 2.45) is 0 Å². The minimum atomic E-state index is 0.921. The molecule has 0 fully saturated rings. The van der Waals surface area contributed by atoms with Gasteiger partial charge in [-0.3, -0.25) is 0 Å². The molecule has 1 heteroatoms. The van der Waals surface area contributed by atoms with Gasteiger partial charge in [-0.15, -0.1) is 0 Å². The number of benzene rings is 1. The highest BCUT2D eigenvalue weighted by Crippen LogP contribution is 2.29. The lowest BCUT2D eigenvalue weighted by atomic mass is 9.99. The van der Waals surface area contributed by atoms with Crippen molar-refractivity contribution in [1.29, 1.82) is 0 Å². The standard InChI is InChI=1S/C12H16O/c1-8(2)12-10(4)6-9(3)7-11(12)13-5/h6-7H,1H2,2-5H3. The summed E-state index contributed by atoms with van der Waals surface area (Å²) in [4.78, 5) is 0. The molecular weight excluding hydrogens is 160 g/mol. The van der Waals surface area contributed by atoms with Gasteiger partial charge in [-0.2, -0.15) is 0 Å². The minimum Gasteiger partial charge on any atom is -0.496 e. The van der Waals surface area contributed by atoms with Crippen LogP contribution in [0.15, 0.2) is 18.7 Å². The SMILES string of the molecule is C=C(C)c1c(C)cc(C)cc1OC. The molecule has 0 aromatic heterocycles. The fourth-order valence-electron chi connectivity index (χ4n) is 1.64. The van der Waals surface area contributed by atoms with Crippen LogP contribution in [0.1, 0.15) is 23.6 Å². The van der Waals surface area contributed by atoms with Gasteiger partial charge in [0.05, 0.1) is 7.11 Å². The number of ether oxygens (including phenoxy) is 1. The number of rotatable bonds is 2. The maximum Gasteiger partial charge on any atom is 0.126 e. The average molecular weight is 176 g/mol. The monoisotopic (exact) mass is 176 g/mol. The van der Waals surface area contributed by atoms with Crippen LogP contribution in [0.4, 0.5) is 0 Å². The molecule has 0 spiro atoms. The normalized spacial score (nSPS) is 9.85. The van der Waals surface area contributed by atoms with Crippen molar-refractivity contribution in [3.8, 4) is 5.75 Å². The Labute approximate surface area is 80.0 Å². The third-order valence-corrected chi connectivity index (χ3v) is 2.09. The average Bonchev–Trinajstić information content (AvgIpc) is 2.01. The summed E-state index contributed by atoms with van der Waals surface area (Å²) in [7, 11) is 1.70. The molecule has 70 valence electrons. The van der Waals surface area contributed by atoms with Gasteiger partial charge in [0.15, 0.2) is 0 Å². The Morgan fingerprint density at radius 3 is 2.38 bits per heavy atom. The number of allylic oxidation sites excluding steroid dienone is 1. The fraction of sp³-hybridized carbons (Fsp3) is 0.333. The van der Waals surface area contributed by atoms with Gasteiger partial charge in [0.25, 0.3) is 0 Å². The molecule has 0 N–H and O–H groups in total. The quantitative estimate of drug-likeness (QED) is 0.671. The van der Waals surface area contributed by atoms with Gasteiger partial charge < -0.3 is 4.74 Å². The van der Waals surface area contributed by atoms with Gasteiger partial charge in [-0.25, -0.2) is 0 Å². The third kappa shape index (κ3) is 1.92. The van der Waals surface area contributed by atoms with E-state index in [-0.39, 0.29) is 0 Å². The first kappa shape index (κ1) is 9.85. The highest BCUT2D eigenvalue weighted by Gasteiger charge is 2.07. The van der Waals surface area contributed by atoms with Crippen LogP contribution in [0.25, 0.3) is 5.57 Å². The molecule has 13 heavy (non-hydrogen) atoms. The van der Waals surface area contributed by atoms with Crippen molar-refractivity contribution in [2.75, 3.05) is 7.11 Å². The summed E-state index contributed by atoms with van der Waals surface area (Å²) in [5.41, 5.74) is 4.63. The zero-order valence-electron chi connectivity index (χ0n) is 8.77. The predicted molar refractivity (Wildman–Crippen MR) is 57.2 cm³/mol. The van der Waals surface area contributed by atoms with E-state index < -0.39 is 0 Å². The van der Waals surface area contributed by atoms with Crippen molar-refractivity contribution in [2.45, 2.75) is 20.8 Å². The van der Waals surface area contributed by atoms with Crippen molar-refractivity contribution >= 4 is 5.57 Å². The minimum absolute atomic E-state index is 0.921. The van der Waals surface area contributed by atoms with E-state index in [9.17, 15) is 0 Å². The molecular formula is C12H16O. The summed E-state index contributed by atoms with van der Waals surface area (Å²) in [6, 6.07) is 4.18. The third-order valence-electron chi connectivity index (χ3n) is 2.09. The van der Waals surface area contributed by atoms with Crippen LogP contribution < -0.4 is 4.74 Å². The second-order valence-corrected chi connectivity index (χ2v) is 3.44. The molecule has 0 unspecified atom stereocenters. The van der Waals surface area contributed by atoms with Crippen LogP contribution in [-0.4, -0.2) is 7.11 Å². The molecule has 0 heterocycles. The summed E-state index contributed by atoms with van der Waals surface area (Å²) >= 11 is 0. The molecule has 0 aliphatic heterocycles.